The summed E-state index contributed by atoms with van der Waals surface area (Å²) in [6, 6.07) is 3.69. The molecule has 4 N–H and O–H groups in total. The predicted molar refractivity (Wildman–Crippen MR) is 78.9 cm³/mol. The Hall–Kier alpha value is -2.04. The van der Waals surface area contributed by atoms with Crippen LogP contribution in [0.5, 0.6) is 0 Å². The van der Waals surface area contributed by atoms with Crippen molar-refractivity contribution >= 4 is 17.4 Å². The van der Waals surface area contributed by atoms with Crippen molar-refractivity contribution in [3.8, 4) is 0 Å². The summed E-state index contributed by atoms with van der Waals surface area (Å²) >= 11 is 0. The van der Waals surface area contributed by atoms with Crippen LogP contribution in [-0.4, -0.2) is 24.0 Å². The third kappa shape index (κ3) is 5.90. The Morgan fingerprint density at radius 3 is 2.74 bits per heavy atom. The van der Waals surface area contributed by atoms with E-state index < -0.39 is 0 Å². The van der Waals surface area contributed by atoms with E-state index in [0.29, 0.717) is 12.2 Å². The maximum absolute atomic E-state index is 11.3. The number of carbonyl (C=O) groups is 1. The molecule has 1 aromatic rings. The molecule has 0 spiro atoms. The summed E-state index contributed by atoms with van der Waals surface area (Å²) in [4.78, 5) is 15.6. The number of nitrogen functional groups attached to an aromatic ring is 1. The number of rotatable bonds is 6. The van der Waals surface area contributed by atoms with Gasteiger partial charge in [-0.1, -0.05) is 5.57 Å². The molecule has 1 heterocycles. The molecule has 0 fully saturated rings. The van der Waals surface area contributed by atoms with Gasteiger partial charge in [0.15, 0.2) is 0 Å². The van der Waals surface area contributed by atoms with E-state index in [1.807, 2.05) is 32.9 Å². The van der Waals surface area contributed by atoms with Crippen molar-refractivity contribution in [3.05, 3.63) is 29.5 Å². The first kappa shape index (κ1) is 15.0. The highest BCUT2D eigenvalue weighted by Crippen LogP contribution is 2.11. The van der Waals surface area contributed by atoms with E-state index in [1.165, 1.54) is 0 Å². The van der Waals surface area contributed by atoms with Crippen LogP contribution in [0.15, 0.2) is 23.8 Å². The van der Waals surface area contributed by atoms with Gasteiger partial charge in [0.05, 0.1) is 11.4 Å². The number of hydrogen-bond acceptors (Lipinski definition) is 4. The molecule has 0 bridgehead atoms. The fourth-order valence-corrected chi connectivity index (χ4v) is 1.50. The maximum Gasteiger partial charge on any atom is 0.243 e. The number of nitrogens with zero attached hydrogens (tertiary/aromatic N) is 1. The van der Waals surface area contributed by atoms with Gasteiger partial charge in [0.1, 0.15) is 5.82 Å². The Morgan fingerprint density at radius 2 is 2.11 bits per heavy atom. The first-order valence-electron chi connectivity index (χ1n) is 6.39. The van der Waals surface area contributed by atoms with Crippen LogP contribution >= 0.6 is 0 Å². The normalized spacial score (nSPS) is 9.84. The number of carbonyl (C=O) groups excluding carboxylic acids is 1. The summed E-state index contributed by atoms with van der Waals surface area (Å²) in [5.41, 5.74) is 8.21. The van der Waals surface area contributed by atoms with Gasteiger partial charge in [0.25, 0.3) is 0 Å². The summed E-state index contributed by atoms with van der Waals surface area (Å²) in [5.74, 6) is 0.767. The Bertz CT molecular complexity index is 465. The van der Waals surface area contributed by atoms with E-state index in [1.54, 1.807) is 6.08 Å². The smallest absolute Gasteiger partial charge is 0.243 e. The van der Waals surface area contributed by atoms with E-state index in [0.717, 1.165) is 30.1 Å². The monoisotopic (exact) mass is 262 g/mol. The molecule has 1 aromatic heterocycles. The second kappa shape index (κ2) is 7.41. The summed E-state index contributed by atoms with van der Waals surface area (Å²) in [6.45, 7) is 7.07. The van der Waals surface area contributed by atoms with Crippen LogP contribution in [0.1, 0.15) is 26.0 Å². The van der Waals surface area contributed by atoms with Crippen LogP contribution in [0, 0.1) is 6.92 Å². The van der Waals surface area contributed by atoms with Crippen molar-refractivity contribution < 1.29 is 4.79 Å². The minimum Gasteiger partial charge on any atom is -0.397 e. The lowest BCUT2D eigenvalue weighted by Crippen LogP contribution is -2.24. The highest BCUT2D eigenvalue weighted by Gasteiger charge is 1.98. The summed E-state index contributed by atoms with van der Waals surface area (Å²) in [7, 11) is 0. The van der Waals surface area contributed by atoms with E-state index in [4.69, 9.17) is 5.73 Å². The molecule has 104 valence electrons. The fraction of sp³-hybridized carbons (Fsp3) is 0.429. The van der Waals surface area contributed by atoms with Gasteiger partial charge in [-0.3, -0.25) is 4.79 Å². The highest BCUT2D eigenvalue weighted by atomic mass is 16.1. The lowest BCUT2D eigenvalue weighted by atomic mass is 10.3. The molecule has 0 aromatic carbocycles. The Kier molecular flexibility index (Phi) is 5.85. The molecular weight excluding hydrogens is 240 g/mol. The summed E-state index contributed by atoms with van der Waals surface area (Å²) in [6.07, 6.45) is 2.44. The number of allylic oxidation sites excluding steroid dienone is 1. The number of aryl methyl sites for hydroxylation is 1. The van der Waals surface area contributed by atoms with Gasteiger partial charge in [-0.15, -0.1) is 0 Å². The molecular formula is C14H22N4O. The molecule has 0 aliphatic heterocycles. The number of anilines is 2. The van der Waals surface area contributed by atoms with E-state index >= 15 is 0 Å². The Labute approximate surface area is 114 Å². The van der Waals surface area contributed by atoms with Crippen molar-refractivity contribution in [3.63, 3.8) is 0 Å². The van der Waals surface area contributed by atoms with E-state index in [-0.39, 0.29) is 5.91 Å². The number of pyridine rings is 1. The zero-order valence-corrected chi connectivity index (χ0v) is 11.8. The second-order valence-electron chi connectivity index (χ2n) is 4.66. The number of aromatic nitrogens is 1. The van der Waals surface area contributed by atoms with Crippen LogP contribution in [0.4, 0.5) is 11.5 Å². The van der Waals surface area contributed by atoms with Gasteiger partial charge in [0.2, 0.25) is 5.91 Å². The lowest BCUT2D eigenvalue weighted by molar-refractivity contribution is -0.116. The average molecular weight is 262 g/mol. The molecule has 1 rings (SSSR count). The molecule has 0 unspecified atom stereocenters. The number of nitrogens with two attached hydrogens (primary N) is 1. The quantitative estimate of drug-likeness (QED) is 0.540. The maximum atomic E-state index is 11.3. The van der Waals surface area contributed by atoms with Gasteiger partial charge in [-0.2, -0.15) is 0 Å². The minimum absolute atomic E-state index is 0.0403. The topological polar surface area (TPSA) is 80.0 Å². The van der Waals surface area contributed by atoms with Crippen LogP contribution in [0.3, 0.4) is 0 Å². The van der Waals surface area contributed by atoms with E-state index in [9.17, 15) is 4.79 Å². The SMILES string of the molecule is CC(C)=CC(=O)NCCCNc1ccc(N)c(C)n1. The first-order chi connectivity index (χ1) is 8.99. The number of nitrogens with one attached hydrogen (secondary N) is 2. The second-order valence-corrected chi connectivity index (χ2v) is 4.66. The van der Waals surface area contributed by atoms with E-state index in [2.05, 4.69) is 15.6 Å². The molecule has 19 heavy (non-hydrogen) atoms. The molecule has 0 saturated carbocycles. The molecule has 1 amide bonds. The average Bonchev–Trinajstić information content (AvgIpc) is 2.32. The number of amides is 1. The van der Waals surface area contributed by atoms with Gasteiger partial charge in [-0.25, -0.2) is 4.98 Å². The van der Waals surface area contributed by atoms with Crippen LogP contribution in [-0.2, 0) is 4.79 Å². The Morgan fingerprint density at radius 1 is 1.37 bits per heavy atom. The van der Waals surface area contributed by atoms with Gasteiger partial charge in [0, 0.05) is 19.2 Å². The van der Waals surface area contributed by atoms with Crippen LogP contribution in [0.25, 0.3) is 0 Å². The van der Waals surface area contributed by atoms with Crippen molar-refractivity contribution in [2.75, 3.05) is 24.1 Å². The molecule has 0 aliphatic rings. The van der Waals surface area contributed by atoms with Crippen molar-refractivity contribution in [2.45, 2.75) is 27.2 Å². The third-order valence-corrected chi connectivity index (χ3v) is 2.51. The molecule has 0 atom stereocenters. The predicted octanol–water partition coefficient (Wildman–Crippen LogP) is 1.86. The highest BCUT2D eigenvalue weighted by molar-refractivity contribution is 5.87. The van der Waals surface area contributed by atoms with Crippen LogP contribution < -0.4 is 16.4 Å². The van der Waals surface area contributed by atoms with Gasteiger partial charge < -0.3 is 16.4 Å². The third-order valence-electron chi connectivity index (χ3n) is 2.51. The Balaban J connectivity index is 2.22. The van der Waals surface area contributed by atoms with Crippen molar-refractivity contribution in [2.24, 2.45) is 0 Å². The van der Waals surface area contributed by atoms with Gasteiger partial charge in [-0.05, 0) is 39.3 Å². The number of hydrogen-bond donors (Lipinski definition) is 3. The van der Waals surface area contributed by atoms with Crippen LogP contribution in [0.2, 0.25) is 0 Å². The largest absolute Gasteiger partial charge is 0.397 e. The minimum atomic E-state index is -0.0403. The standard InChI is InChI=1S/C14H22N4O/c1-10(2)9-14(19)17-8-4-7-16-13-6-5-12(15)11(3)18-13/h5-6,9H,4,7-8,15H2,1-3H3,(H,16,18)(H,17,19). The lowest BCUT2D eigenvalue weighted by Gasteiger charge is -2.07. The van der Waals surface area contributed by atoms with Crippen molar-refractivity contribution in [1.82, 2.24) is 10.3 Å². The zero-order chi connectivity index (χ0) is 14.3. The zero-order valence-electron chi connectivity index (χ0n) is 11.8. The molecule has 5 heteroatoms. The summed E-state index contributed by atoms with van der Waals surface area (Å²) in [5, 5.41) is 6.02. The van der Waals surface area contributed by atoms with Gasteiger partial charge >= 0.3 is 0 Å². The molecule has 5 nitrogen and oxygen atoms in total. The molecule has 0 saturated heterocycles. The molecule has 0 aliphatic carbocycles. The molecule has 0 radical (unpaired) electrons. The summed E-state index contributed by atoms with van der Waals surface area (Å²) < 4.78 is 0. The van der Waals surface area contributed by atoms with Crippen molar-refractivity contribution in [1.29, 1.82) is 0 Å². The fourth-order valence-electron chi connectivity index (χ4n) is 1.50. The first-order valence-corrected chi connectivity index (χ1v) is 6.39.